The SMILES string of the molecule is COc1cccc(/C=N/NC(=O)C(=O)Nc2ccccc2C(=O)NC2CCCCC2)c1. The van der Waals surface area contributed by atoms with Crippen LogP contribution in [0.5, 0.6) is 5.75 Å². The molecule has 3 amide bonds. The molecule has 1 fully saturated rings. The topological polar surface area (TPSA) is 109 Å². The van der Waals surface area contributed by atoms with Crippen molar-refractivity contribution in [3.63, 3.8) is 0 Å². The van der Waals surface area contributed by atoms with Crippen LogP contribution < -0.4 is 20.8 Å². The van der Waals surface area contributed by atoms with Crippen molar-refractivity contribution in [3.05, 3.63) is 59.7 Å². The van der Waals surface area contributed by atoms with E-state index in [9.17, 15) is 14.4 Å². The summed E-state index contributed by atoms with van der Waals surface area (Å²) < 4.78 is 5.12. The normalized spacial score (nSPS) is 14.1. The minimum atomic E-state index is -0.943. The average Bonchev–Trinajstić information content (AvgIpc) is 2.80. The number of para-hydroxylation sites is 1. The van der Waals surface area contributed by atoms with Crippen LogP contribution in [0.3, 0.4) is 0 Å². The molecule has 1 aliphatic rings. The molecule has 0 atom stereocenters. The minimum Gasteiger partial charge on any atom is -0.497 e. The maximum absolute atomic E-state index is 12.7. The first-order chi connectivity index (χ1) is 15.1. The number of rotatable bonds is 6. The second-order valence-corrected chi connectivity index (χ2v) is 7.28. The number of nitrogens with one attached hydrogen (secondary N) is 3. The van der Waals surface area contributed by atoms with E-state index in [1.807, 2.05) is 0 Å². The van der Waals surface area contributed by atoms with Crippen LogP contribution in [-0.4, -0.2) is 37.1 Å². The fraction of sp³-hybridized carbons (Fsp3) is 0.304. The van der Waals surface area contributed by atoms with Crippen molar-refractivity contribution in [2.45, 2.75) is 38.1 Å². The first kappa shape index (κ1) is 22.0. The van der Waals surface area contributed by atoms with E-state index in [0.29, 0.717) is 16.9 Å². The highest BCUT2D eigenvalue weighted by atomic mass is 16.5. The van der Waals surface area contributed by atoms with Gasteiger partial charge in [-0.25, -0.2) is 5.43 Å². The third-order valence-corrected chi connectivity index (χ3v) is 5.04. The van der Waals surface area contributed by atoms with E-state index >= 15 is 0 Å². The van der Waals surface area contributed by atoms with Crippen LogP contribution in [-0.2, 0) is 9.59 Å². The maximum Gasteiger partial charge on any atom is 0.329 e. The van der Waals surface area contributed by atoms with Gasteiger partial charge in [0.2, 0.25) is 0 Å². The van der Waals surface area contributed by atoms with E-state index < -0.39 is 11.8 Å². The lowest BCUT2D eigenvalue weighted by atomic mass is 9.95. The second kappa shape index (κ2) is 10.9. The van der Waals surface area contributed by atoms with Gasteiger partial charge >= 0.3 is 11.8 Å². The van der Waals surface area contributed by atoms with Gasteiger partial charge in [-0.05, 0) is 42.7 Å². The number of carbonyl (C=O) groups is 3. The fourth-order valence-corrected chi connectivity index (χ4v) is 3.42. The van der Waals surface area contributed by atoms with Gasteiger partial charge in [-0.15, -0.1) is 0 Å². The summed E-state index contributed by atoms with van der Waals surface area (Å²) in [5, 5.41) is 9.30. The molecule has 0 aliphatic heterocycles. The molecule has 1 saturated carbocycles. The number of ether oxygens (including phenoxy) is 1. The van der Waals surface area contributed by atoms with E-state index in [1.54, 1.807) is 55.6 Å². The van der Waals surface area contributed by atoms with Gasteiger partial charge in [-0.3, -0.25) is 14.4 Å². The molecule has 1 aliphatic carbocycles. The van der Waals surface area contributed by atoms with Gasteiger partial charge in [0.15, 0.2) is 0 Å². The van der Waals surface area contributed by atoms with Crippen molar-refractivity contribution in [2.75, 3.05) is 12.4 Å². The summed E-state index contributed by atoms with van der Waals surface area (Å²) in [6.07, 6.45) is 6.69. The number of hydrazone groups is 1. The molecule has 2 aromatic rings. The van der Waals surface area contributed by atoms with Crippen molar-refractivity contribution >= 4 is 29.6 Å². The Balaban J connectivity index is 1.58. The van der Waals surface area contributed by atoms with E-state index in [0.717, 1.165) is 25.7 Å². The van der Waals surface area contributed by atoms with Gasteiger partial charge in [0.25, 0.3) is 5.91 Å². The number of nitrogens with zero attached hydrogens (tertiary/aromatic N) is 1. The summed E-state index contributed by atoms with van der Waals surface area (Å²) in [4.78, 5) is 37.0. The summed E-state index contributed by atoms with van der Waals surface area (Å²) in [5.74, 6) is -1.47. The van der Waals surface area contributed by atoms with Gasteiger partial charge < -0.3 is 15.4 Å². The van der Waals surface area contributed by atoms with Gasteiger partial charge in [-0.2, -0.15) is 5.10 Å². The first-order valence-electron chi connectivity index (χ1n) is 10.2. The van der Waals surface area contributed by atoms with E-state index in [2.05, 4.69) is 21.2 Å². The number of methoxy groups -OCH3 is 1. The van der Waals surface area contributed by atoms with E-state index in [1.165, 1.54) is 12.6 Å². The van der Waals surface area contributed by atoms with E-state index in [-0.39, 0.29) is 17.6 Å². The number of amides is 3. The Morgan fingerprint density at radius 2 is 1.77 bits per heavy atom. The predicted octanol–water partition coefficient (Wildman–Crippen LogP) is 2.85. The predicted molar refractivity (Wildman–Crippen MR) is 118 cm³/mol. The number of anilines is 1. The van der Waals surface area contributed by atoms with Crippen LogP contribution in [0.4, 0.5) is 5.69 Å². The first-order valence-corrected chi connectivity index (χ1v) is 10.2. The summed E-state index contributed by atoms with van der Waals surface area (Å²) in [5.41, 5.74) is 3.46. The highest BCUT2D eigenvalue weighted by molar-refractivity contribution is 6.40. The summed E-state index contributed by atoms with van der Waals surface area (Å²) >= 11 is 0. The Labute approximate surface area is 181 Å². The zero-order chi connectivity index (χ0) is 22.1. The van der Waals surface area contributed by atoms with Crippen LogP contribution in [0.25, 0.3) is 0 Å². The maximum atomic E-state index is 12.7. The summed E-state index contributed by atoms with van der Waals surface area (Å²) in [7, 11) is 1.55. The molecule has 0 saturated heterocycles. The zero-order valence-corrected chi connectivity index (χ0v) is 17.4. The van der Waals surface area contributed by atoms with E-state index in [4.69, 9.17) is 4.74 Å². The molecule has 162 valence electrons. The van der Waals surface area contributed by atoms with Gasteiger partial charge in [0, 0.05) is 6.04 Å². The number of hydrogen-bond donors (Lipinski definition) is 3. The Morgan fingerprint density at radius 3 is 2.55 bits per heavy atom. The molecule has 8 nitrogen and oxygen atoms in total. The van der Waals surface area contributed by atoms with Crippen LogP contribution in [0.15, 0.2) is 53.6 Å². The van der Waals surface area contributed by atoms with Crippen molar-refractivity contribution in [1.29, 1.82) is 0 Å². The van der Waals surface area contributed by atoms with Gasteiger partial charge in [-0.1, -0.05) is 43.5 Å². The highest BCUT2D eigenvalue weighted by Gasteiger charge is 2.20. The number of hydrogen-bond acceptors (Lipinski definition) is 5. The van der Waals surface area contributed by atoms with Crippen LogP contribution in [0.2, 0.25) is 0 Å². The average molecular weight is 422 g/mol. The van der Waals surface area contributed by atoms with Crippen LogP contribution >= 0.6 is 0 Å². The zero-order valence-electron chi connectivity index (χ0n) is 17.4. The Kier molecular flexibility index (Phi) is 7.75. The molecule has 0 aromatic heterocycles. The Morgan fingerprint density at radius 1 is 1.00 bits per heavy atom. The largest absolute Gasteiger partial charge is 0.497 e. The van der Waals surface area contributed by atoms with Crippen LogP contribution in [0, 0.1) is 0 Å². The third kappa shape index (κ3) is 6.40. The van der Waals surface area contributed by atoms with Gasteiger partial charge in [0.1, 0.15) is 5.75 Å². The Hall–Kier alpha value is -3.68. The van der Waals surface area contributed by atoms with Crippen LogP contribution in [0.1, 0.15) is 48.0 Å². The molecule has 3 rings (SSSR count). The lowest BCUT2D eigenvalue weighted by molar-refractivity contribution is -0.136. The quantitative estimate of drug-likeness (QED) is 0.378. The molecule has 31 heavy (non-hydrogen) atoms. The molecule has 0 heterocycles. The highest BCUT2D eigenvalue weighted by Crippen LogP contribution is 2.20. The fourth-order valence-electron chi connectivity index (χ4n) is 3.42. The van der Waals surface area contributed by atoms with Gasteiger partial charge in [0.05, 0.1) is 24.6 Å². The van der Waals surface area contributed by atoms with Crippen molar-refractivity contribution in [3.8, 4) is 5.75 Å². The smallest absolute Gasteiger partial charge is 0.329 e. The van der Waals surface area contributed by atoms with Crippen molar-refractivity contribution in [1.82, 2.24) is 10.7 Å². The third-order valence-electron chi connectivity index (χ3n) is 5.04. The molecule has 0 unspecified atom stereocenters. The van der Waals surface area contributed by atoms with Crippen molar-refractivity contribution < 1.29 is 19.1 Å². The molecule has 0 radical (unpaired) electrons. The molecule has 8 heteroatoms. The monoisotopic (exact) mass is 422 g/mol. The lowest BCUT2D eigenvalue weighted by Gasteiger charge is -2.23. The molecule has 0 spiro atoms. The number of benzene rings is 2. The molecule has 0 bridgehead atoms. The summed E-state index contributed by atoms with van der Waals surface area (Å²) in [6.45, 7) is 0. The van der Waals surface area contributed by atoms with Crippen molar-refractivity contribution in [2.24, 2.45) is 5.10 Å². The number of carbonyl (C=O) groups excluding carboxylic acids is 3. The second-order valence-electron chi connectivity index (χ2n) is 7.28. The summed E-state index contributed by atoms with van der Waals surface area (Å²) in [6, 6.07) is 13.8. The minimum absolute atomic E-state index is 0.138. The molecular formula is C23H26N4O4. The molecular weight excluding hydrogens is 396 g/mol. The standard InChI is InChI=1S/C23H26N4O4/c1-31-18-11-7-8-16(14-18)15-24-27-23(30)22(29)26-20-13-6-5-12-19(20)21(28)25-17-9-3-2-4-10-17/h5-8,11-15,17H,2-4,9-10H2,1H3,(H,25,28)(H,26,29)(H,27,30)/b24-15+. The Bertz CT molecular complexity index is 968. The lowest BCUT2D eigenvalue weighted by Crippen LogP contribution is -2.37. The molecule has 3 N–H and O–H groups in total. The molecule has 2 aromatic carbocycles.